The van der Waals surface area contributed by atoms with Crippen molar-refractivity contribution in [2.45, 2.75) is 25.9 Å². The van der Waals surface area contributed by atoms with Gasteiger partial charge < -0.3 is 15.4 Å². The third-order valence-electron chi connectivity index (χ3n) is 2.07. The summed E-state index contributed by atoms with van der Waals surface area (Å²) in [7, 11) is 0. The zero-order valence-electron chi connectivity index (χ0n) is 8.37. The predicted molar refractivity (Wildman–Crippen MR) is 54.3 cm³/mol. The molecule has 0 saturated heterocycles. The van der Waals surface area contributed by atoms with Crippen molar-refractivity contribution in [1.29, 1.82) is 0 Å². The van der Waals surface area contributed by atoms with Crippen LogP contribution in [0, 0.1) is 0 Å². The van der Waals surface area contributed by atoms with Crippen LogP contribution in [0.4, 0.5) is 5.82 Å². The first-order valence-corrected chi connectivity index (χ1v) is 4.54. The van der Waals surface area contributed by atoms with Gasteiger partial charge in [-0.1, -0.05) is 6.92 Å². The zero-order valence-corrected chi connectivity index (χ0v) is 8.37. The molecule has 3 N–H and O–H groups in total. The molecule has 0 fully saturated rings. The van der Waals surface area contributed by atoms with E-state index >= 15 is 0 Å². The van der Waals surface area contributed by atoms with Crippen molar-refractivity contribution in [2.24, 2.45) is 0 Å². The molecular weight excluding hydrogens is 182 g/mol. The van der Waals surface area contributed by atoms with Gasteiger partial charge in [0.1, 0.15) is 5.82 Å². The van der Waals surface area contributed by atoms with Gasteiger partial charge in [0.15, 0.2) is 0 Å². The van der Waals surface area contributed by atoms with Crippen LogP contribution in [0.2, 0.25) is 0 Å². The minimum atomic E-state index is -0.771. The first kappa shape index (κ1) is 10.7. The minimum absolute atomic E-state index is 0.258. The Labute approximate surface area is 82.2 Å². The molecule has 0 bridgehead atoms. The number of anilines is 1. The van der Waals surface area contributed by atoms with Gasteiger partial charge in [0.25, 0.3) is 5.56 Å². The molecule has 1 aromatic heterocycles. The summed E-state index contributed by atoms with van der Waals surface area (Å²) >= 11 is 0. The Morgan fingerprint density at radius 3 is 2.93 bits per heavy atom. The highest BCUT2D eigenvalue weighted by molar-refractivity contribution is 5.30. The molecule has 0 aromatic carbocycles. The summed E-state index contributed by atoms with van der Waals surface area (Å²) in [6, 6.07) is 0. The molecule has 1 rings (SSSR count). The highest BCUT2D eigenvalue weighted by atomic mass is 16.3. The van der Waals surface area contributed by atoms with E-state index in [2.05, 4.69) is 15.3 Å². The Hall–Kier alpha value is -1.36. The van der Waals surface area contributed by atoms with E-state index in [0.717, 1.165) is 0 Å². The molecule has 1 unspecified atom stereocenters. The molecule has 78 valence electrons. The van der Waals surface area contributed by atoms with Crippen LogP contribution < -0.4 is 10.9 Å². The quantitative estimate of drug-likeness (QED) is 0.650. The summed E-state index contributed by atoms with van der Waals surface area (Å²) in [6.45, 7) is 4.01. The summed E-state index contributed by atoms with van der Waals surface area (Å²) in [5.41, 5.74) is -1.03. The average molecular weight is 197 g/mol. The van der Waals surface area contributed by atoms with Crippen molar-refractivity contribution in [1.82, 2.24) is 9.97 Å². The van der Waals surface area contributed by atoms with E-state index in [1.54, 1.807) is 6.92 Å². The van der Waals surface area contributed by atoms with Crippen LogP contribution in [-0.2, 0) is 0 Å². The first-order valence-electron chi connectivity index (χ1n) is 4.54. The minimum Gasteiger partial charge on any atom is -0.388 e. The second-order valence-electron chi connectivity index (χ2n) is 3.51. The number of nitrogens with one attached hydrogen (secondary N) is 2. The lowest BCUT2D eigenvalue weighted by Crippen LogP contribution is -2.33. The number of hydrogen-bond donors (Lipinski definition) is 3. The number of aromatic amines is 1. The summed E-state index contributed by atoms with van der Waals surface area (Å²) in [6.07, 6.45) is 3.35. The van der Waals surface area contributed by atoms with Gasteiger partial charge >= 0.3 is 0 Å². The van der Waals surface area contributed by atoms with E-state index < -0.39 is 5.60 Å². The maximum absolute atomic E-state index is 10.9. The number of H-pyrrole nitrogens is 1. The lowest BCUT2D eigenvalue weighted by molar-refractivity contribution is 0.0696. The highest BCUT2D eigenvalue weighted by Gasteiger charge is 2.16. The molecule has 14 heavy (non-hydrogen) atoms. The van der Waals surface area contributed by atoms with E-state index in [4.69, 9.17) is 0 Å². The molecule has 0 amide bonds. The van der Waals surface area contributed by atoms with Crippen LogP contribution in [0.15, 0.2) is 17.2 Å². The van der Waals surface area contributed by atoms with Crippen molar-refractivity contribution < 1.29 is 5.11 Å². The molecule has 1 aromatic rings. The Kier molecular flexibility index (Phi) is 3.24. The van der Waals surface area contributed by atoms with Gasteiger partial charge in [-0.2, -0.15) is 0 Å². The fourth-order valence-electron chi connectivity index (χ4n) is 0.877. The van der Waals surface area contributed by atoms with Crippen LogP contribution in [0.25, 0.3) is 0 Å². The average Bonchev–Trinajstić information content (AvgIpc) is 2.15. The monoisotopic (exact) mass is 197 g/mol. The second-order valence-corrected chi connectivity index (χ2v) is 3.51. The van der Waals surface area contributed by atoms with Crippen molar-refractivity contribution in [3.63, 3.8) is 0 Å². The largest absolute Gasteiger partial charge is 0.388 e. The van der Waals surface area contributed by atoms with E-state index in [9.17, 15) is 9.90 Å². The lowest BCUT2D eigenvalue weighted by atomic mass is 10.0. The van der Waals surface area contributed by atoms with Gasteiger partial charge in [-0.05, 0) is 13.3 Å². The summed E-state index contributed by atoms with van der Waals surface area (Å²) < 4.78 is 0. The van der Waals surface area contributed by atoms with Crippen LogP contribution in [0.5, 0.6) is 0 Å². The van der Waals surface area contributed by atoms with Gasteiger partial charge in [0.05, 0.1) is 18.0 Å². The van der Waals surface area contributed by atoms with E-state index in [1.165, 1.54) is 12.4 Å². The summed E-state index contributed by atoms with van der Waals surface area (Å²) in [4.78, 5) is 17.2. The van der Waals surface area contributed by atoms with Crippen molar-refractivity contribution in [3.05, 3.63) is 22.7 Å². The zero-order chi connectivity index (χ0) is 10.6. The maximum atomic E-state index is 10.9. The van der Waals surface area contributed by atoms with Crippen molar-refractivity contribution >= 4 is 5.82 Å². The van der Waals surface area contributed by atoms with Crippen LogP contribution in [-0.4, -0.2) is 27.2 Å². The van der Waals surface area contributed by atoms with E-state index in [1.807, 2.05) is 6.92 Å². The van der Waals surface area contributed by atoms with Crippen LogP contribution >= 0.6 is 0 Å². The topological polar surface area (TPSA) is 78.0 Å². The Morgan fingerprint density at radius 2 is 2.36 bits per heavy atom. The summed E-state index contributed by atoms with van der Waals surface area (Å²) in [5.74, 6) is 0.520. The first-order chi connectivity index (χ1) is 6.53. The summed E-state index contributed by atoms with van der Waals surface area (Å²) in [5, 5.41) is 12.6. The fraction of sp³-hybridized carbons (Fsp3) is 0.556. The molecule has 0 aliphatic heterocycles. The van der Waals surface area contributed by atoms with Gasteiger partial charge in [-0.15, -0.1) is 0 Å². The smallest absolute Gasteiger partial charge is 0.267 e. The predicted octanol–water partition coefficient (Wildman–Crippen LogP) is 0.343. The Balaban J connectivity index is 2.58. The number of aromatic nitrogens is 2. The molecule has 1 heterocycles. The Bertz CT molecular complexity index is 346. The van der Waals surface area contributed by atoms with Crippen LogP contribution in [0.3, 0.4) is 0 Å². The number of hydrogen-bond acceptors (Lipinski definition) is 4. The fourth-order valence-corrected chi connectivity index (χ4v) is 0.877. The van der Waals surface area contributed by atoms with E-state index in [0.29, 0.717) is 18.8 Å². The van der Waals surface area contributed by atoms with Gasteiger partial charge in [0.2, 0.25) is 0 Å². The molecule has 0 radical (unpaired) electrons. The Morgan fingerprint density at radius 1 is 1.64 bits per heavy atom. The second kappa shape index (κ2) is 4.23. The standard InChI is InChI=1S/C9H15N3O2/c1-3-9(2,14)6-11-7-4-10-5-8(13)12-7/h4-5,14H,3,6H2,1-2H3,(H2,11,12,13). The number of rotatable bonds is 4. The molecule has 0 aliphatic rings. The van der Waals surface area contributed by atoms with E-state index in [-0.39, 0.29) is 5.56 Å². The third-order valence-corrected chi connectivity index (χ3v) is 2.07. The molecule has 5 nitrogen and oxygen atoms in total. The molecule has 5 heteroatoms. The third kappa shape index (κ3) is 3.18. The molecular formula is C9H15N3O2. The normalized spacial score (nSPS) is 14.8. The van der Waals surface area contributed by atoms with Gasteiger partial charge in [-0.25, -0.2) is 0 Å². The molecule has 0 saturated carbocycles. The lowest BCUT2D eigenvalue weighted by Gasteiger charge is -2.21. The number of aliphatic hydroxyl groups is 1. The number of nitrogens with zero attached hydrogens (tertiary/aromatic N) is 1. The SMILES string of the molecule is CCC(C)(O)CNc1cncc(=O)[nH]1. The maximum Gasteiger partial charge on any atom is 0.267 e. The van der Waals surface area contributed by atoms with Crippen molar-refractivity contribution in [3.8, 4) is 0 Å². The molecule has 1 atom stereocenters. The van der Waals surface area contributed by atoms with Gasteiger partial charge in [-0.3, -0.25) is 9.78 Å². The molecule has 0 spiro atoms. The van der Waals surface area contributed by atoms with Crippen molar-refractivity contribution in [2.75, 3.05) is 11.9 Å². The molecule has 0 aliphatic carbocycles. The van der Waals surface area contributed by atoms with Gasteiger partial charge in [0, 0.05) is 6.54 Å². The highest BCUT2D eigenvalue weighted by Crippen LogP contribution is 2.08. The van der Waals surface area contributed by atoms with Crippen LogP contribution in [0.1, 0.15) is 20.3 Å².